The number of halogens is 2. The van der Waals surface area contributed by atoms with Crippen molar-refractivity contribution in [2.75, 3.05) is 12.4 Å². The number of amides is 1. The van der Waals surface area contributed by atoms with E-state index >= 15 is 0 Å². The predicted molar refractivity (Wildman–Crippen MR) is 127 cm³/mol. The molecule has 3 aromatic carbocycles. The molecule has 3 aromatic rings. The highest BCUT2D eigenvalue weighted by Gasteiger charge is 2.27. The molecular weight excluding hydrogens is 471 g/mol. The molecule has 0 aliphatic carbocycles. The summed E-state index contributed by atoms with van der Waals surface area (Å²) >= 11 is 12.2. The van der Waals surface area contributed by atoms with Crippen LogP contribution in [0.3, 0.4) is 0 Å². The van der Waals surface area contributed by atoms with Crippen LogP contribution in [0.5, 0.6) is 5.75 Å². The lowest BCUT2D eigenvalue weighted by molar-refractivity contribution is -0.117. The molecule has 9 heteroatoms. The summed E-state index contributed by atoms with van der Waals surface area (Å²) in [7, 11) is -2.62. The topological polar surface area (TPSA) is 84.5 Å². The van der Waals surface area contributed by atoms with Gasteiger partial charge in [-0.3, -0.25) is 4.79 Å². The van der Waals surface area contributed by atoms with Crippen molar-refractivity contribution in [3.8, 4) is 5.75 Å². The molecule has 0 aliphatic rings. The van der Waals surface area contributed by atoms with E-state index in [4.69, 9.17) is 27.9 Å². The molecule has 1 atom stereocenters. The molecule has 168 valence electrons. The van der Waals surface area contributed by atoms with Gasteiger partial charge in [0, 0.05) is 10.7 Å². The number of ether oxygens (including phenoxy) is 1. The molecule has 1 amide bonds. The van der Waals surface area contributed by atoms with Crippen LogP contribution in [0.1, 0.15) is 11.1 Å². The van der Waals surface area contributed by atoms with Crippen LogP contribution in [0.2, 0.25) is 10.0 Å². The second-order valence-corrected chi connectivity index (χ2v) is 9.64. The van der Waals surface area contributed by atoms with Crippen LogP contribution in [0.4, 0.5) is 5.69 Å². The lowest BCUT2D eigenvalue weighted by Gasteiger charge is -2.19. The van der Waals surface area contributed by atoms with Crippen LogP contribution in [0, 0.1) is 6.92 Å². The van der Waals surface area contributed by atoms with Gasteiger partial charge in [0.1, 0.15) is 11.8 Å². The number of hydrogen-bond donors (Lipinski definition) is 2. The standard InChI is InChI=1S/C23H22Cl2N2O4S/c1-15-8-9-17(13-19(15)24)26-23(28)21(12-16-6-4-3-5-7-16)27-32(29,30)18-10-11-22(31-2)20(25)14-18/h3-11,13-14,21,27H,12H2,1-2H3,(H,26,28)/t21-/m1/s1. The first-order valence-electron chi connectivity index (χ1n) is 9.66. The fourth-order valence-electron chi connectivity index (χ4n) is 3.01. The number of rotatable bonds is 8. The van der Waals surface area contributed by atoms with E-state index in [0.29, 0.717) is 16.5 Å². The number of methoxy groups -OCH3 is 1. The summed E-state index contributed by atoms with van der Waals surface area (Å²) in [6.45, 7) is 1.85. The molecule has 6 nitrogen and oxygen atoms in total. The third kappa shape index (κ3) is 6.01. The molecule has 0 heterocycles. The monoisotopic (exact) mass is 492 g/mol. The molecule has 0 radical (unpaired) electrons. The number of anilines is 1. The SMILES string of the molecule is COc1ccc(S(=O)(=O)N[C@H](Cc2ccccc2)C(=O)Nc2ccc(C)c(Cl)c2)cc1Cl. The number of carbonyl (C=O) groups is 1. The summed E-state index contributed by atoms with van der Waals surface area (Å²) < 4.78 is 33.6. The molecule has 0 spiro atoms. The van der Waals surface area contributed by atoms with E-state index < -0.39 is 22.0 Å². The van der Waals surface area contributed by atoms with Gasteiger partial charge in [0.05, 0.1) is 17.0 Å². The molecule has 0 fully saturated rings. The molecule has 0 unspecified atom stereocenters. The number of nitrogens with one attached hydrogen (secondary N) is 2. The van der Waals surface area contributed by atoms with Crippen molar-refractivity contribution in [1.29, 1.82) is 0 Å². The maximum atomic E-state index is 13.1. The fraction of sp³-hybridized carbons (Fsp3) is 0.174. The highest BCUT2D eigenvalue weighted by molar-refractivity contribution is 7.89. The molecule has 0 saturated heterocycles. The van der Waals surface area contributed by atoms with Crippen molar-refractivity contribution < 1.29 is 17.9 Å². The zero-order chi connectivity index (χ0) is 23.3. The average molecular weight is 493 g/mol. The molecular formula is C23H22Cl2N2O4S. The third-order valence-electron chi connectivity index (χ3n) is 4.77. The van der Waals surface area contributed by atoms with Crippen LogP contribution in [-0.4, -0.2) is 27.5 Å². The van der Waals surface area contributed by atoms with Crippen LogP contribution in [-0.2, 0) is 21.2 Å². The Balaban J connectivity index is 1.88. The first kappa shape index (κ1) is 24.1. The number of sulfonamides is 1. The van der Waals surface area contributed by atoms with Gasteiger partial charge in [-0.15, -0.1) is 0 Å². The van der Waals surface area contributed by atoms with Gasteiger partial charge in [-0.25, -0.2) is 8.42 Å². The van der Waals surface area contributed by atoms with Gasteiger partial charge in [0.25, 0.3) is 0 Å². The van der Waals surface area contributed by atoms with Crippen LogP contribution in [0.15, 0.2) is 71.6 Å². The normalized spacial score (nSPS) is 12.2. The van der Waals surface area contributed by atoms with Gasteiger partial charge >= 0.3 is 0 Å². The highest BCUT2D eigenvalue weighted by atomic mass is 35.5. The van der Waals surface area contributed by atoms with Gasteiger partial charge in [0.2, 0.25) is 15.9 Å². The Morgan fingerprint density at radius 3 is 2.34 bits per heavy atom. The zero-order valence-corrected chi connectivity index (χ0v) is 19.8. The Hall–Kier alpha value is -2.58. The summed E-state index contributed by atoms with van der Waals surface area (Å²) in [5.41, 5.74) is 2.13. The molecule has 2 N–H and O–H groups in total. The molecule has 3 rings (SSSR count). The smallest absolute Gasteiger partial charge is 0.242 e. The Labute approximate surface area is 197 Å². The first-order valence-corrected chi connectivity index (χ1v) is 11.9. The van der Waals surface area contributed by atoms with Gasteiger partial charge < -0.3 is 10.1 Å². The minimum absolute atomic E-state index is 0.0763. The maximum absolute atomic E-state index is 13.1. The Bertz CT molecular complexity index is 1220. The number of benzene rings is 3. The number of carbonyl (C=O) groups excluding carboxylic acids is 1. The van der Waals surface area contributed by atoms with Gasteiger partial charge in [-0.05, 0) is 54.8 Å². The largest absolute Gasteiger partial charge is 0.495 e. The second kappa shape index (κ2) is 10.4. The summed E-state index contributed by atoms with van der Waals surface area (Å²) in [6.07, 6.45) is 0.148. The van der Waals surface area contributed by atoms with Crippen molar-refractivity contribution in [1.82, 2.24) is 4.72 Å². The van der Waals surface area contributed by atoms with Crippen LogP contribution < -0.4 is 14.8 Å². The minimum Gasteiger partial charge on any atom is -0.495 e. The number of hydrogen-bond acceptors (Lipinski definition) is 4. The highest BCUT2D eigenvalue weighted by Crippen LogP contribution is 2.27. The van der Waals surface area contributed by atoms with Gasteiger partial charge in [-0.1, -0.05) is 59.6 Å². The molecule has 0 bridgehead atoms. The van der Waals surface area contributed by atoms with E-state index in [9.17, 15) is 13.2 Å². The first-order chi connectivity index (χ1) is 15.2. The lowest BCUT2D eigenvalue weighted by Crippen LogP contribution is -2.45. The van der Waals surface area contributed by atoms with E-state index in [1.165, 1.54) is 25.3 Å². The minimum atomic E-state index is -4.06. The Kier molecular flexibility index (Phi) is 7.79. The second-order valence-electron chi connectivity index (χ2n) is 7.11. The summed E-state index contributed by atoms with van der Waals surface area (Å²) in [5, 5.41) is 3.38. The van der Waals surface area contributed by atoms with E-state index in [0.717, 1.165) is 11.1 Å². The fourth-order valence-corrected chi connectivity index (χ4v) is 4.73. The Morgan fingerprint density at radius 1 is 1.00 bits per heavy atom. The third-order valence-corrected chi connectivity index (χ3v) is 6.94. The summed E-state index contributed by atoms with van der Waals surface area (Å²) in [5.74, 6) is -0.169. The van der Waals surface area contributed by atoms with Crippen LogP contribution in [0.25, 0.3) is 0 Å². The predicted octanol–water partition coefficient (Wildman–Crippen LogP) is 4.84. The summed E-state index contributed by atoms with van der Waals surface area (Å²) in [6, 6.07) is 17.2. The quantitative estimate of drug-likeness (QED) is 0.471. The van der Waals surface area contributed by atoms with Crippen molar-refractivity contribution >= 4 is 44.8 Å². The zero-order valence-electron chi connectivity index (χ0n) is 17.4. The molecule has 0 saturated carbocycles. The van der Waals surface area contributed by atoms with Crippen molar-refractivity contribution in [3.63, 3.8) is 0 Å². The van der Waals surface area contributed by atoms with Crippen molar-refractivity contribution in [2.24, 2.45) is 0 Å². The molecule has 32 heavy (non-hydrogen) atoms. The van der Waals surface area contributed by atoms with E-state index in [2.05, 4.69) is 10.0 Å². The van der Waals surface area contributed by atoms with Crippen LogP contribution >= 0.6 is 23.2 Å². The van der Waals surface area contributed by atoms with Crippen molar-refractivity contribution in [2.45, 2.75) is 24.3 Å². The van der Waals surface area contributed by atoms with Gasteiger partial charge in [0.15, 0.2) is 0 Å². The maximum Gasteiger partial charge on any atom is 0.242 e. The van der Waals surface area contributed by atoms with E-state index in [1.807, 2.05) is 37.3 Å². The average Bonchev–Trinajstić information content (AvgIpc) is 2.76. The van der Waals surface area contributed by atoms with E-state index in [1.54, 1.807) is 18.2 Å². The van der Waals surface area contributed by atoms with E-state index in [-0.39, 0.29) is 16.3 Å². The molecule has 0 aromatic heterocycles. The van der Waals surface area contributed by atoms with Gasteiger partial charge in [-0.2, -0.15) is 4.72 Å². The van der Waals surface area contributed by atoms with Crippen molar-refractivity contribution in [3.05, 3.63) is 87.9 Å². The summed E-state index contributed by atoms with van der Waals surface area (Å²) in [4.78, 5) is 13.0. The Morgan fingerprint density at radius 2 is 1.72 bits per heavy atom. The molecule has 0 aliphatic heterocycles. The number of aryl methyl sites for hydroxylation is 1. The lowest BCUT2D eigenvalue weighted by atomic mass is 10.1.